The fraction of sp³-hybridized carbons (Fsp3) is 0.412. The van der Waals surface area contributed by atoms with Crippen LogP contribution in [0.25, 0.3) is 22.5 Å². The lowest BCUT2D eigenvalue weighted by molar-refractivity contribution is 0.0796. The van der Waals surface area contributed by atoms with Crippen molar-refractivity contribution in [1.29, 1.82) is 0 Å². The molecular weight excluding hydrogens is 570 g/mol. The summed E-state index contributed by atoms with van der Waals surface area (Å²) in [4.78, 5) is 21.7. The van der Waals surface area contributed by atoms with Crippen LogP contribution in [0.15, 0.2) is 73.3 Å². The molecule has 0 unspecified atom stereocenters. The van der Waals surface area contributed by atoms with Gasteiger partial charge < -0.3 is 19.5 Å². The van der Waals surface area contributed by atoms with E-state index in [2.05, 4.69) is 40.0 Å². The van der Waals surface area contributed by atoms with E-state index in [1.807, 2.05) is 48.5 Å². The van der Waals surface area contributed by atoms with Gasteiger partial charge in [0.25, 0.3) is 0 Å². The van der Waals surface area contributed by atoms with Crippen molar-refractivity contribution in [2.75, 3.05) is 13.2 Å². The quantitative estimate of drug-likeness (QED) is 0.123. The first-order chi connectivity index (χ1) is 21.3. The molecule has 1 amide bonds. The molecule has 0 bridgehead atoms. The molecule has 4 aromatic rings. The molecule has 232 valence electrons. The maximum absolute atomic E-state index is 12.7. The van der Waals surface area contributed by atoms with Gasteiger partial charge in [0, 0.05) is 50.3 Å². The summed E-state index contributed by atoms with van der Waals surface area (Å²) in [5.41, 5.74) is 3.40. The fourth-order valence-electron chi connectivity index (χ4n) is 5.24. The van der Waals surface area contributed by atoms with Crippen LogP contribution in [0.4, 0.5) is 4.79 Å². The number of aromatic nitrogens is 4. The zero-order valence-electron chi connectivity index (χ0n) is 26.0. The summed E-state index contributed by atoms with van der Waals surface area (Å²) in [5, 5.41) is 7.33. The highest BCUT2D eigenvalue weighted by Gasteiger charge is 2.18. The first kappa shape index (κ1) is 31.4. The van der Waals surface area contributed by atoms with Gasteiger partial charge in [-0.25, -0.2) is 14.5 Å². The van der Waals surface area contributed by atoms with Crippen LogP contribution in [0.5, 0.6) is 11.5 Å². The summed E-state index contributed by atoms with van der Waals surface area (Å²) >= 11 is 0. The summed E-state index contributed by atoms with van der Waals surface area (Å²) in [7, 11) is -1.19. The molecule has 1 saturated carbocycles. The van der Waals surface area contributed by atoms with Crippen LogP contribution < -0.4 is 14.8 Å². The number of carbonyl (C=O) groups is 1. The van der Waals surface area contributed by atoms with Gasteiger partial charge in [-0.1, -0.05) is 69.2 Å². The maximum Gasteiger partial charge on any atom is 0.412 e. The number of pyridine rings is 1. The fourth-order valence-corrected chi connectivity index (χ4v) is 6.00. The van der Waals surface area contributed by atoms with Crippen molar-refractivity contribution in [2.24, 2.45) is 5.92 Å². The second kappa shape index (κ2) is 15.1. The molecule has 1 fully saturated rings. The van der Waals surface area contributed by atoms with E-state index in [4.69, 9.17) is 14.2 Å². The van der Waals surface area contributed by atoms with Gasteiger partial charge in [0.15, 0.2) is 5.82 Å². The lowest BCUT2D eigenvalue weighted by Gasteiger charge is -2.21. The van der Waals surface area contributed by atoms with Crippen LogP contribution >= 0.6 is 0 Å². The van der Waals surface area contributed by atoms with Crippen LogP contribution in [0.2, 0.25) is 25.7 Å². The molecule has 0 spiro atoms. The summed E-state index contributed by atoms with van der Waals surface area (Å²) < 4.78 is 19.7. The second-order valence-corrected chi connectivity index (χ2v) is 18.2. The standard InChI is InChI=1S/C34H43N5O4Si/c1-44(2,3)17-16-41-25-39-33(37-24-38-39)29-18-28(21-35-22-29)31-19-30(43-34(40)36-20-26-10-6-4-7-11-26)14-15-32(31)42-23-27-12-8-5-9-13-27/h5,8-9,12-15,18-19,21-22,24,26H,4,6-7,10-11,16-17,20,23,25H2,1-3H3,(H,36,40). The molecule has 10 heteroatoms. The van der Waals surface area contributed by atoms with E-state index in [9.17, 15) is 4.79 Å². The molecule has 2 heterocycles. The first-order valence-electron chi connectivity index (χ1n) is 15.5. The zero-order chi connectivity index (χ0) is 30.8. The molecule has 44 heavy (non-hydrogen) atoms. The van der Waals surface area contributed by atoms with Gasteiger partial charge >= 0.3 is 6.09 Å². The minimum absolute atomic E-state index is 0.314. The highest BCUT2D eigenvalue weighted by Crippen LogP contribution is 2.35. The number of ether oxygens (including phenoxy) is 3. The molecule has 1 aliphatic carbocycles. The summed E-state index contributed by atoms with van der Waals surface area (Å²) in [6, 6.07) is 18.5. The molecule has 2 aromatic heterocycles. The topological polar surface area (TPSA) is 100 Å². The average molecular weight is 614 g/mol. The van der Waals surface area contributed by atoms with E-state index in [1.54, 1.807) is 23.1 Å². The van der Waals surface area contributed by atoms with Gasteiger partial charge in [-0.2, -0.15) is 5.10 Å². The van der Waals surface area contributed by atoms with E-state index in [0.717, 1.165) is 41.1 Å². The maximum atomic E-state index is 12.7. The van der Waals surface area contributed by atoms with Crippen molar-refractivity contribution in [3.05, 3.63) is 78.9 Å². The van der Waals surface area contributed by atoms with Crippen molar-refractivity contribution in [3.63, 3.8) is 0 Å². The van der Waals surface area contributed by atoms with Crippen molar-refractivity contribution in [3.8, 4) is 34.0 Å². The van der Waals surface area contributed by atoms with Crippen molar-refractivity contribution in [2.45, 2.75) is 71.1 Å². The van der Waals surface area contributed by atoms with Gasteiger partial charge in [-0.3, -0.25) is 4.98 Å². The third-order valence-electron chi connectivity index (χ3n) is 7.79. The Hall–Kier alpha value is -4.02. The second-order valence-electron chi connectivity index (χ2n) is 12.6. The molecule has 0 saturated heterocycles. The highest BCUT2D eigenvalue weighted by atomic mass is 28.3. The Bertz CT molecular complexity index is 1500. The van der Waals surface area contributed by atoms with Crippen molar-refractivity contribution in [1.82, 2.24) is 25.1 Å². The third-order valence-corrected chi connectivity index (χ3v) is 9.50. The van der Waals surface area contributed by atoms with Gasteiger partial charge in [-0.05, 0) is 54.6 Å². The summed E-state index contributed by atoms with van der Waals surface area (Å²) in [5.74, 6) is 2.26. The Labute approximate surface area is 261 Å². The van der Waals surface area contributed by atoms with Crippen LogP contribution in [0.1, 0.15) is 37.7 Å². The number of benzene rings is 2. The average Bonchev–Trinajstić information content (AvgIpc) is 3.51. The van der Waals surface area contributed by atoms with Gasteiger partial charge in [0.2, 0.25) is 0 Å². The number of hydrogen-bond acceptors (Lipinski definition) is 7. The van der Waals surface area contributed by atoms with E-state index in [0.29, 0.717) is 49.7 Å². The molecule has 9 nitrogen and oxygen atoms in total. The van der Waals surface area contributed by atoms with Gasteiger partial charge in [0.1, 0.15) is 31.2 Å². The Morgan fingerprint density at radius 1 is 1.00 bits per heavy atom. The molecule has 0 radical (unpaired) electrons. The van der Waals surface area contributed by atoms with E-state index < -0.39 is 14.2 Å². The lowest BCUT2D eigenvalue weighted by Crippen LogP contribution is -2.32. The van der Waals surface area contributed by atoms with Gasteiger partial charge in [0.05, 0.1) is 0 Å². The van der Waals surface area contributed by atoms with Gasteiger partial charge in [-0.15, -0.1) is 0 Å². The normalized spacial score (nSPS) is 13.9. The molecule has 2 aromatic carbocycles. The molecule has 5 rings (SSSR count). The van der Waals surface area contributed by atoms with E-state index >= 15 is 0 Å². The summed E-state index contributed by atoms with van der Waals surface area (Å²) in [6.07, 6.45) is 10.6. The minimum Gasteiger partial charge on any atom is -0.488 e. The molecule has 0 aliphatic heterocycles. The van der Waals surface area contributed by atoms with E-state index in [1.165, 1.54) is 25.6 Å². The predicted octanol–water partition coefficient (Wildman–Crippen LogP) is 7.57. The monoisotopic (exact) mass is 613 g/mol. The SMILES string of the molecule is C[Si](C)(C)CCOCn1ncnc1-c1cncc(-c2cc(OC(=O)NCC3CCCCC3)ccc2OCc2ccccc2)c1. The zero-order valence-corrected chi connectivity index (χ0v) is 27.0. The minimum atomic E-state index is -1.19. The Kier molecular flexibility index (Phi) is 10.8. The Morgan fingerprint density at radius 3 is 2.59 bits per heavy atom. The number of nitrogens with one attached hydrogen (secondary N) is 1. The van der Waals surface area contributed by atoms with Crippen molar-refractivity contribution >= 4 is 14.2 Å². The lowest BCUT2D eigenvalue weighted by atomic mass is 9.89. The largest absolute Gasteiger partial charge is 0.488 e. The number of carbonyl (C=O) groups excluding carboxylic acids is 1. The Balaban J connectivity index is 1.35. The Morgan fingerprint density at radius 2 is 1.80 bits per heavy atom. The van der Waals surface area contributed by atoms with Crippen LogP contribution in [-0.2, 0) is 18.1 Å². The number of nitrogens with zero attached hydrogens (tertiary/aromatic N) is 4. The smallest absolute Gasteiger partial charge is 0.412 e. The molecule has 1 aliphatic rings. The third kappa shape index (κ3) is 9.24. The number of hydrogen-bond donors (Lipinski definition) is 1. The molecular formula is C34H43N5O4Si. The molecule has 0 atom stereocenters. The first-order valence-corrected chi connectivity index (χ1v) is 19.2. The van der Waals surface area contributed by atoms with Crippen molar-refractivity contribution < 1.29 is 19.0 Å². The summed E-state index contributed by atoms with van der Waals surface area (Å²) in [6.45, 7) is 9.03. The number of rotatable bonds is 13. The number of amides is 1. The highest BCUT2D eigenvalue weighted by molar-refractivity contribution is 6.76. The van der Waals surface area contributed by atoms with Crippen LogP contribution in [0.3, 0.4) is 0 Å². The van der Waals surface area contributed by atoms with E-state index in [-0.39, 0.29) is 0 Å². The van der Waals surface area contributed by atoms with Crippen LogP contribution in [-0.4, -0.2) is 47.1 Å². The van der Waals surface area contributed by atoms with Crippen LogP contribution in [0, 0.1) is 5.92 Å². The predicted molar refractivity (Wildman–Crippen MR) is 174 cm³/mol. The molecule has 1 N–H and O–H groups in total.